The van der Waals surface area contributed by atoms with Crippen molar-refractivity contribution < 1.29 is 0 Å². The fourth-order valence-corrected chi connectivity index (χ4v) is 2.64. The number of thiophene rings is 1. The molecule has 2 aromatic heterocycles. The van der Waals surface area contributed by atoms with E-state index in [4.69, 9.17) is 0 Å². The molecule has 0 aliphatic rings. The van der Waals surface area contributed by atoms with Gasteiger partial charge in [0.1, 0.15) is 0 Å². The van der Waals surface area contributed by atoms with E-state index in [1.54, 1.807) is 11.3 Å². The highest BCUT2D eigenvalue weighted by Gasteiger charge is 1.98. The highest BCUT2D eigenvalue weighted by molar-refractivity contribution is 7.17. The Bertz CT molecular complexity index is 656. The van der Waals surface area contributed by atoms with Crippen LogP contribution in [0.5, 0.6) is 0 Å². The van der Waals surface area contributed by atoms with Gasteiger partial charge in [-0.3, -0.25) is 4.98 Å². The average molecular weight is 254 g/mol. The van der Waals surface area contributed by atoms with Gasteiger partial charge in [-0.1, -0.05) is 6.07 Å². The Morgan fingerprint density at radius 1 is 1.17 bits per heavy atom. The lowest BCUT2D eigenvalue weighted by Crippen LogP contribution is -2.01. The molecule has 18 heavy (non-hydrogen) atoms. The predicted octanol–water partition coefficient (Wildman–Crippen LogP) is 4.22. The van der Waals surface area contributed by atoms with E-state index in [2.05, 4.69) is 59.0 Å². The molecule has 0 saturated carbocycles. The van der Waals surface area contributed by atoms with Gasteiger partial charge in [-0.15, -0.1) is 11.3 Å². The Labute approximate surface area is 110 Å². The standard InChI is InChI=1S/C15H14N2S/c1-11-2-3-14(16-9-11)10-17-13-4-5-15-12(8-13)6-7-18-15/h2-9,17H,10H2,1H3. The van der Waals surface area contributed by atoms with Crippen molar-refractivity contribution in [1.29, 1.82) is 0 Å². The van der Waals surface area contributed by atoms with Crippen LogP contribution in [-0.4, -0.2) is 4.98 Å². The Kier molecular flexibility index (Phi) is 2.99. The third-order valence-electron chi connectivity index (χ3n) is 2.90. The third kappa shape index (κ3) is 2.36. The number of pyridine rings is 1. The van der Waals surface area contributed by atoms with Crippen molar-refractivity contribution in [3.63, 3.8) is 0 Å². The molecule has 90 valence electrons. The molecule has 0 atom stereocenters. The largest absolute Gasteiger partial charge is 0.379 e. The molecule has 0 saturated heterocycles. The van der Waals surface area contributed by atoms with Crippen LogP contribution in [0.1, 0.15) is 11.3 Å². The molecule has 1 N–H and O–H groups in total. The summed E-state index contributed by atoms with van der Waals surface area (Å²) in [5, 5.41) is 6.82. The molecule has 2 heterocycles. The van der Waals surface area contributed by atoms with E-state index in [0.29, 0.717) is 0 Å². The van der Waals surface area contributed by atoms with E-state index in [0.717, 1.165) is 17.9 Å². The van der Waals surface area contributed by atoms with Crippen LogP contribution in [-0.2, 0) is 6.54 Å². The molecule has 0 aliphatic heterocycles. The first kappa shape index (κ1) is 11.2. The van der Waals surface area contributed by atoms with Crippen molar-refractivity contribution in [3.8, 4) is 0 Å². The van der Waals surface area contributed by atoms with Gasteiger partial charge in [-0.05, 0) is 53.6 Å². The van der Waals surface area contributed by atoms with E-state index >= 15 is 0 Å². The molecule has 0 spiro atoms. The first-order chi connectivity index (χ1) is 8.81. The molecule has 2 nitrogen and oxygen atoms in total. The maximum atomic E-state index is 4.39. The zero-order valence-electron chi connectivity index (χ0n) is 10.2. The van der Waals surface area contributed by atoms with Crippen molar-refractivity contribution in [3.05, 3.63) is 59.2 Å². The van der Waals surface area contributed by atoms with E-state index in [1.165, 1.54) is 15.6 Å². The van der Waals surface area contributed by atoms with Crippen LogP contribution in [0.4, 0.5) is 5.69 Å². The third-order valence-corrected chi connectivity index (χ3v) is 3.80. The average Bonchev–Trinajstić information content (AvgIpc) is 2.85. The minimum absolute atomic E-state index is 0.760. The molecular weight excluding hydrogens is 240 g/mol. The molecule has 0 unspecified atom stereocenters. The van der Waals surface area contributed by atoms with Crippen LogP contribution in [0, 0.1) is 6.92 Å². The number of rotatable bonds is 3. The fraction of sp³-hybridized carbons (Fsp3) is 0.133. The second kappa shape index (κ2) is 4.78. The zero-order chi connectivity index (χ0) is 12.4. The Hall–Kier alpha value is -1.87. The van der Waals surface area contributed by atoms with Gasteiger partial charge in [0.15, 0.2) is 0 Å². The van der Waals surface area contributed by atoms with Gasteiger partial charge in [0.05, 0.1) is 12.2 Å². The SMILES string of the molecule is Cc1ccc(CNc2ccc3sccc3c2)nc1. The summed E-state index contributed by atoms with van der Waals surface area (Å²) >= 11 is 1.77. The van der Waals surface area contributed by atoms with Gasteiger partial charge in [0, 0.05) is 16.6 Å². The second-order valence-electron chi connectivity index (χ2n) is 4.35. The summed E-state index contributed by atoms with van der Waals surface area (Å²) in [6, 6.07) is 12.8. The highest BCUT2D eigenvalue weighted by Crippen LogP contribution is 2.24. The van der Waals surface area contributed by atoms with Gasteiger partial charge in [0.25, 0.3) is 0 Å². The molecular formula is C15H14N2S. The summed E-state index contributed by atoms with van der Waals surface area (Å²) in [4.78, 5) is 4.39. The van der Waals surface area contributed by atoms with Crippen LogP contribution < -0.4 is 5.32 Å². The molecule has 3 heteroatoms. The number of benzene rings is 1. The number of aryl methyl sites for hydroxylation is 1. The summed E-state index contributed by atoms with van der Waals surface area (Å²) in [5.41, 5.74) is 3.40. The number of nitrogens with one attached hydrogen (secondary N) is 1. The van der Waals surface area contributed by atoms with E-state index < -0.39 is 0 Å². The van der Waals surface area contributed by atoms with E-state index in [9.17, 15) is 0 Å². The monoisotopic (exact) mass is 254 g/mol. The van der Waals surface area contributed by atoms with Gasteiger partial charge in [0.2, 0.25) is 0 Å². The van der Waals surface area contributed by atoms with Gasteiger partial charge in [-0.2, -0.15) is 0 Å². The zero-order valence-corrected chi connectivity index (χ0v) is 11.0. The lowest BCUT2D eigenvalue weighted by Gasteiger charge is -2.06. The van der Waals surface area contributed by atoms with Crippen LogP contribution >= 0.6 is 11.3 Å². The summed E-state index contributed by atoms with van der Waals surface area (Å²) in [6.07, 6.45) is 1.90. The molecule has 0 fully saturated rings. The molecule has 3 rings (SSSR count). The summed E-state index contributed by atoms with van der Waals surface area (Å²) in [5.74, 6) is 0. The Morgan fingerprint density at radius 3 is 2.94 bits per heavy atom. The fourth-order valence-electron chi connectivity index (χ4n) is 1.87. The van der Waals surface area contributed by atoms with Crippen molar-refractivity contribution in [2.75, 3.05) is 5.32 Å². The van der Waals surface area contributed by atoms with Crippen molar-refractivity contribution >= 4 is 27.1 Å². The molecule has 0 amide bonds. The van der Waals surface area contributed by atoms with Crippen LogP contribution in [0.15, 0.2) is 48.0 Å². The normalized spacial score (nSPS) is 10.7. The number of fused-ring (bicyclic) bond motifs is 1. The summed E-state index contributed by atoms with van der Waals surface area (Å²) in [6.45, 7) is 2.81. The van der Waals surface area contributed by atoms with Crippen LogP contribution in [0.3, 0.4) is 0 Å². The van der Waals surface area contributed by atoms with E-state index in [1.807, 2.05) is 6.20 Å². The molecule has 0 aliphatic carbocycles. The predicted molar refractivity (Wildman–Crippen MR) is 78.1 cm³/mol. The minimum Gasteiger partial charge on any atom is -0.379 e. The van der Waals surface area contributed by atoms with E-state index in [-0.39, 0.29) is 0 Å². The molecule has 0 radical (unpaired) electrons. The van der Waals surface area contributed by atoms with Crippen molar-refractivity contribution in [1.82, 2.24) is 4.98 Å². The summed E-state index contributed by atoms with van der Waals surface area (Å²) in [7, 11) is 0. The number of nitrogens with zero attached hydrogens (tertiary/aromatic N) is 1. The number of hydrogen-bond donors (Lipinski definition) is 1. The van der Waals surface area contributed by atoms with Gasteiger partial charge in [-0.25, -0.2) is 0 Å². The van der Waals surface area contributed by atoms with Crippen molar-refractivity contribution in [2.24, 2.45) is 0 Å². The Morgan fingerprint density at radius 2 is 2.11 bits per heavy atom. The maximum Gasteiger partial charge on any atom is 0.0594 e. The van der Waals surface area contributed by atoms with Crippen LogP contribution in [0.25, 0.3) is 10.1 Å². The molecule has 1 aromatic carbocycles. The first-order valence-corrected chi connectivity index (χ1v) is 6.82. The number of aromatic nitrogens is 1. The van der Waals surface area contributed by atoms with Gasteiger partial charge < -0.3 is 5.32 Å². The van der Waals surface area contributed by atoms with Crippen molar-refractivity contribution in [2.45, 2.75) is 13.5 Å². The summed E-state index contributed by atoms with van der Waals surface area (Å²) < 4.78 is 1.33. The van der Waals surface area contributed by atoms with Crippen LogP contribution in [0.2, 0.25) is 0 Å². The number of hydrogen-bond acceptors (Lipinski definition) is 3. The quantitative estimate of drug-likeness (QED) is 0.757. The number of anilines is 1. The highest BCUT2D eigenvalue weighted by atomic mass is 32.1. The molecule has 0 bridgehead atoms. The second-order valence-corrected chi connectivity index (χ2v) is 5.30. The van der Waals surface area contributed by atoms with Gasteiger partial charge >= 0.3 is 0 Å². The Balaban J connectivity index is 1.74. The lowest BCUT2D eigenvalue weighted by atomic mass is 10.2. The topological polar surface area (TPSA) is 24.9 Å². The molecule has 3 aromatic rings. The lowest BCUT2D eigenvalue weighted by molar-refractivity contribution is 1.04. The smallest absolute Gasteiger partial charge is 0.0594 e. The minimum atomic E-state index is 0.760. The maximum absolute atomic E-state index is 4.39. The first-order valence-electron chi connectivity index (χ1n) is 5.94.